The molecule has 2 saturated heterocycles. The Kier molecular flexibility index (Phi) is 4.49. The molecule has 22 heavy (non-hydrogen) atoms. The number of carbonyl (C=O) groups is 1. The summed E-state index contributed by atoms with van der Waals surface area (Å²) in [5.41, 5.74) is 1.17. The zero-order chi connectivity index (χ0) is 15.7. The molecule has 1 aromatic heterocycles. The van der Waals surface area contributed by atoms with Crippen LogP contribution in [0.3, 0.4) is 0 Å². The standard InChI is InChI=1S/C16H27N5O/c1-19(2)13-5-4-6-21(11-13)16(22)15-9-17-8-14(15)12-7-18-20(3)10-12/h7,10,13-15,17H,4-6,8-9,11H2,1-3H3/t13?,14-,15+/m1/s1. The average Bonchev–Trinajstić information content (AvgIpc) is 3.15. The first kappa shape index (κ1) is 15.5. The third-order valence-corrected chi connectivity index (χ3v) is 5.12. The number of carbonyl (C=O) groups excluding carboxylic acids is 1. The number of aromatic nitrogens is 2. The summed E-state index contributed by atoms with van der Waals surface area (Å²) in [7, 11) is 6.14. The number of rotatable bonds is 3. The normalized spacial score (nSPS) is 29.3. The predicted octanol–water partition coefficient (Wildman–Crippen LogP) is 0.276. The molecule has 0 aromatic carbocycles. The first-order valence-corrected chi connectivity index (χ1v) is 8.20. The summed E-state index contributed by atoms with van der Waals surface area (Å²) < 4.78 is 1.82. The molecule has 0 radical (unpaired) electrons. The highest BCUT2D eigenvalue weighted by Gasteiger charge is 2.38. The first-order chi connectivity index (χ1) is 10.6. The molecular weight excluding hydrogens is 278 g/mol. The van der Waals surface area contributed by atoms with Gasteiger partial charge in [0, 0.05) is 51.4 Å². The predicted molar refractivity (Wildman–Crippen MR) is 85.6 cm³/mol. The molecule has 1 aromatic rings. The second kappa shape index (κ2) is 6.38. The van der Waals surface area contributed by atoms with E-state index in [1.165, 1.54) is 12.0 Å². The lowest BCUT2D eigenvalue weighted by atomic mass is 9.89. The van der Waals surface area contributed by atoms with Crippen LogP contribution in [0.5, 0.6) is 0 Å². The van der Waals surface area contributed by atoms with Gasteiger partial charge in [-0.15, -0.1) is 0 Å². The summed E-state index contributed by atoms with van der Waals surface area (Å²) in [5.74, 6) is 0.608. The smallest absolute Gasteiger partial charge is 0.227 e. The van der Waals surface area contributed by atoms with E-state index in [0.29, 0.717) is 11.9 Å². The van der Waals surface area contributed by atoms with Gasteiger partial charge in [0.15, 0.2) is 0 Å². The number of nitrogens with one attached hydrogen (secondary N) is 1. The minimum absolute atomic E-state index is 0.0464. The van der Waals surface area contributed by atoms with Crippen LogP contribution in [0.4, 0.5) is 0 Å². The zero-order valence-electron chi connectivity index (χ0n) is 13.8. The number of aryl methyl sites for hydroxylation is 1. The van der Waals surface area contributed by atoms with Gasteiger partial charge in [0.25, 0.3) is 0 Å². The first-order valence-electron chi connectivity index (χ1n) is 8.20. The summed E-state index contributed by atoms with van der Waals surface area (Å²) in [6, 6.07) is 0.490. The number of hydrogen-bond donors (Lipinski definition) is 1. The van der Waals surface area contributed by atoms with Gasteiger partial charge in [-0.05, 0) is 32.5 Å². The molecule has 1 unspecified atom stereocenters. The fourth-order valence-electron chi connectivity index (χ4n) is 3.73. The van der Waals surface area contributed by atoms with Crippen LogP contribution in [0.2, 0.25) is 0 Å². The second-order valence-corrected chi connectivity index (χ2v) is 6.86. The van der Waals surface area contributed by atoms with Gasteiger partial charge in [-0.2, -0.15) is 5.10 Å². The Morgan fingerprint density at radius 1 is 1.41 bits per heavy atom. The minimum atomic E-state index is 0.0464. The number of hydrogen-bond acceptors (Lipinski definition) is 4. The molecule has 3 heterocycles. The molecule has 122 valence electrons. The lowest BCUT2D eigenvalue weighted by Crippen LogP contribution is -2.50. The largest absolute Gasteiger partial charge is 0.341 e. The van der Waals surface area contributed by atoms with Gasteiger partial charge in [0.2, 0.25) is 5.91 Å². The van der Waals surface area contributed by atoms with Crippen molar-refractivity contribution in [1.82, 2.24) is 24.9 Å². The number of piperidine rings is 1. The Morgan fingerprint density at radius 3 is 2.91 bits per heavy atom. The Labute approximate surface area is 132 Å². The van der Waals surface area contributed by atoms with Crippen LogP contribution < -0.4 is 5.32 Å². The number of likely N-dealkylation sites (N-methyl/N-ethyl adjacent to an activating group) is 1. The van der Waals surface area contributed by atoms with E-state index in [9.17, 15) is 4.79 Å². The van der Waals surface area contributed by atoms with Gasteiger partial charge >= 0.3 is 0 Å². The lowest BCUT2D eigenvalue weighted by Gasteiger charge is -2.37. The van der Waals surface area contributed by atoms with Crippen molar-refractivity contribution < 1.29 is 4.79 Å². The van der Waals surface area contributed by atoms with Crippen molar-refractivity contribution in [2.24, 2.45) is 13.0 Å². The van der Waals surface area contributed by atoms with Crippen LogP contribution in [0.1, 0.15) is 24.3 Å². The third-order valence-electron chi connectivity index (χ3n) is 5.12. The van der Waals surface area contributed by atoms with Crippen molar-refractivity contribution in [2.75, 3.05) is 40.3 Å². The SMILES string of the molecule is CN(C)C1CCCN(C(=O)[C@H]2CNC[C@@H]2c2cnn(C)c2)C1. The van der Waals surface area contributed by atoms with E-state index in [1.807, 2.05) is 24.1 Å². The van der Waals surface area contributed by atoms with Crippen molar-refractivity contribution in [2.45, 2.75) is 24.8 Å². The summed E-state index contributed by atoms with van der Waals surface area (Å²) in [5, 5.41) is 7.65. The average molecular weight is 305 g/mol. The number of likely N-dealkylation sites (tertiary alicyclic amines) is 1. The van der Waals surface area contributed by atoms with Gasteiger partial charge in [-0.3, -0.25) is 9.48 Å². The topological polar surface area (TPSA) is 53.4 Å². The van der Waals surface area contributed by atoms with Crippen LogP contribution in [0.15, 0.2) is 12.4 Å². The van der Waals surface area contributed by atoms with E-state index in [0.717, 1.165) is 32.6 Å². The molecule has 1 amide bonds. The van der Waals surface area contributed by atoms with E-state index < -0.39 is 0 Å². The summed E-state index contributed by atoms with van der Waals surface area (Å²) in [6.45, 7) is 3.41. The van der Waals surface area contributed by atoms with Crippen LogP contribution in [-0.4, -0.2) is 71.8 Å². The van der Waals surface area contributed by atoms with Gasteiger partial charge in [-0.25, -0.2) is 0 Å². The number of nitrogens with zero attached hydrogens (tertiary/aromatic N) is 4. The molecule has 0 aliphatic carbocycles. The van der Waals surface area contributed by atoms with Gasteiger partial charge < -0.3 is 15.1 Å². The van der Waals surface area contributed by atoms with E-state index in [1.54, 1.807) is 0 Å². The third kappa shape index (κ3) is 3.03. The maximum Gasteiger partial charge on any atom is 0.227 e. The molecule has 2 fully saturated rings. The lowest BCUT2D eigenvalue weighted by molar-refractivity contribution is -0.137. The molecule has 1 N–H and O–H groups in total. The molecule has 3 rings (SSSR count). The Bertz CT molecular complexity index is 526. The molecule has 3 atom stereocenters. The summed E-state index contributed by atoms with van der Waals surface area (Å²) in [6.07, 6.45) is 6.23. The van der Waals surface area contributed by atoms with Gasteiger partial charge in [-0.1, -0.05) is 0 Å². The van der Waals surface area contributed by atoms with E-state index in [-0.39, 0.29) is 11.8 Å². The highest BCUT2D eigenvalue weighted by Crippen LogP contribution is 2.30. The Balaban J connectivity index is 1.70. The van der Waals surface area contributed by atoms with Crippen molar-refractivity contribution in [1.29, 1.82) is 0 Å². The monoisotopic (exact) mass is 305 g/mol. The molecule has 2 aliphatic rings. The van der Waals surface area contributed by atoms with Crippen molar-refractivity contribution in [3.63, 3.8) is 0 Å². The van der Waals surface area contributed by atoms with Gasteiger partial charge in [0.05, 0.1) is 12.1 Å². The summed E-state index contributed by atoms with van der Waals surface area (Å²) in [4.78, 5) is 17.3. The minimum Gasteiger partial charge on any atom is -0.341 e. The van der Waals surface area contributed by atoms with Crippen LogP contribution in [0, 0.1) is 5.92 Å². The Hall–Kier alpha value is -1.40. The highest BCUT2D eigenvalue weighted by molar-refractivity contribution is 5.80. The van der Waals surface area contributed by atoms with Crippen LogP contribution in [-0.2, 0) is 11.8 Å². The Morgan fingerprint density at radius 2 is 2.23 bits per heavy atom. The molecule has 2 aliphatic heterocycles. The fourth-order valence-corrected chi connectivity index (χ4v) is 3.73. The highest BCUT2D eigenvalue weighted by atomic mass is 16.2. The number of amides is 1. The summed E-state index contributed by atoms with van der Waals surface area (Å²) >= 11 is 0. The zero-order valence-corrected chi connectivity index (χ0v) is 13.8. The maximum absolute atomic E-state index is 13.0. The van der Waals surface area contributed by atoms with Crippen LogP contribution in [0.25, 0.3) is 0 Å². The van der Waals surface area contributed by atoms with Crippen LogP contribution >= 0.6 is 0 Å². The molecule has 0 bridgehead atoms. The molecule has 0 spiro atoms. The molecule has 6 heteroatoms. The maximum atomic E-state index is 13.0. The molecular formula is C16H27N5O. The second-order valence-electron chi connectivity index (χ2n) is 6.86. The van der Waals surface area contributed by atoms with Crippen molar-refractivity contribution in [3.05, 3.63) is 18.0 Å². The molecule has 0 saturated carbocycles. The van der Waals surface area contributed by atoms with Crippen molar-refractivity contribution in [3.8, 4) is 0 Å². The van der Waals surface area contributed by atoms with E-state index in [2.05, 4.69) is 34.3 Å². The quantitative estimate of drug-likeness (QED) is 0.871. The fraction of sp³-hybridized carbons (Fsp3) is 0.750. The van der Waals surface area contributed by atoms with Gasteiger partial charge in [0.1, 0.15) is 0 Å². The van der Waals surface area contributed by atoms with Crippen molar-refractivity contribution >= 4 is 5.91 Å². The van der Waals surface area contributed by atoms with E-state index in [4.69, 9.17) is 0 Å². The van der Waals surface area contributed by atoms with E-state index >= 15 is 0 Å². The molecule has 6 nitrogen and oxygen atoms in total.